The van der Waals surface area contributed by atoms with E-state index in [9.17, 15) is 9.18 Å². The number of aromatic nitrogens is 5. The zero-order valence-corrected chi connectivity index (χ0v) is 17.7. The molecule has 6 nitrogen and oxygen atoms in total. The second-order valence-electron chi connectivity index (χ2n) is 7.14. The van der Waals surface area contributed by atoms with Gasteiger partial charge in [-0.3, -0.25) is 13.9 Å². The van der Waals surface area contributed by atoms with Crippen LogP contribution >= 0.6 is 11.8 Å². The summed E-state index contributed by atoms with van der Waals surface area (Å²) in [5, 5.41) is 9.87. The van der Waals surface area contributed by atoms with Crippen molar-refractivity contribution >= 4 is 22.7 Å². The van der Waals surface area contributed by atoms with Gasteiger partial charge in [-0.05, 0) is 35.9 Å². The highest BCUT2D eigenvalue weighted by Gasteiger charge is 2.17. The molecule has 0 N–H and O–H groups in total. The lowest BCUT2D eigenvalue weighted by Crippen LogP contribution is -2.22. The lowest BCUT2D eigenvalue weighted by molar-refractivity contribution is 0.617. The molecule has 158 valence electrons. The lowest BCUT2D eigenvalue weighted by atomic mass is 10.2. The smallest absolute Gasteiger partial charge is 0.261 e. The number of thioether (sulfide) groups is 1. The standard InChI is InChI=1S/C24H18FN5OS/c25-20-12-6-4-8-17(20)15-32-24-28-27-22(30(24)18-9-2-1-3-10-18)14-29-16-26-21-13-7-5-11-19(21)23(29)31/h1-13,16H,14-15H2. The highest BCUT2D eigenvalue weighted by molar-refractivity contribution is 7.98. The molecule has 3 aromatic carbocycles. The Bertz CT molecular complexity index is 1450. The van der Waals surface area contributed by atoms with Gasteiger partial charge in [-0.15, -0.1) is 10.2 Å². The Morgan fingerprint density at radius 2 is 1.62 bits per heavy atom. The van der Waals surface area contributed by atoms with Crippen LogP contribution in [0.15, 0.2) is 95.1 Å². The van der Waals surface area contributed by atoms with Gasteiger partial charge in [0.2, 0.25) is 0 Å². The molecule has 0 bridgehead atoms. The number of fused-ring (bicyclic) bond motifs is 1. The molecule has 0 fully saturated rings. The third-order valence-corrected chi connectivity index (χ3v) is 6.05. The molecule has 5 rings (SSSR count). The first-order valence-corrected chi connectivity index (χ1v) is 11.0. The molecule has 0 radical (unpaired) electrons. The third kappa shape index (κ3) is 3.92. The molecule has 8 heteroatoms. The Labute approximate surface area is 187 Å². The summed E-state index contributed by atoms with van der Waals surface area (Å²) >= 11 is 1.39. The van der Waals surface area contributed by atoms with Gasteiger partial charge >= 0.3 is 0 Å². The fourth-order valence-corrected chi connectivity index (χ4v) is 4.42. The van der Waals surface area contributed by atoms with E-state index in [1.807, 2.05) is 59.2 Å². The minimum absolute atomic E-state index is 0.140. The summed E-state index contributed by atoms with van der Waals surface area (Å²) < 4.78 is 17.5. The van der Waals surface area contributed by atoms with Crippen LogP contribution in [0.4, 0.5) is 4.39 Å². The number of hydrogen-bond donors (Lipinski definition) is 0. The van der Waals surface area contributed by atoms with Crippen LogP contribution in [0.25, 0.3) is 16.6 Å². The molecular weight excluding hydrogens is 425 g/mol. The van der Waals surface area contributed by atoms with Gasteiger partial charge in [-0.1, -0.05) is 60.3 Å². The Hall–Kier alpha value is -3.78. The Morgan fingerprint density at radius 3 is 2.47 bits per heavy atom. The maximum atomic E-state index is 14.1. The molecular formula is C24H18FN5OS. The van der Waals surface area contributed by atoms with Gasteiger partial charge in [0.25, 0.3) is 5.56 Å². The molecule has 0 spiro atoms. The molecule has 2 aromatic heterocycles. The Balaban J connectivity index is 1.52. The van der Waals surface area contributed by atoms with Crippen molar-refractivity contribution in [2.24, 2.45) is 0 Å². The Kier molecular flexibility index (Phi) is 5.51. The second kappa shape index (κ2) is 8.76. The number of para-hydroxylation sites is 2. The summed E-state index contributed by atoms with van der Waals surface area (Å²) in [7, 11) is 0. The second-order valence-corrected chi connectivity index (χ2v) is 8.09. The van der Waals surface area contributed by atoms with Crippen molar-refractivity contribution in [3.63, 3.8) is 0 Å². The Morgan fingerprint density at radius 1 is 0.875 bits per heavy atom. The summed E-state index contributed by atoms with van der Waals surface area (Å²) in [6.45, 7) is 0.207. The van der Waals surface area contributed by atoms with E-state index in [2.05, 4.69) is 15.2 Å². The van der Waals surface area contributed by atoms with Crippen molar-refractivity contribution in [2.45, 2.75) is 17.5 Å². The van der Waals surface area contributed by atoms with Crippen LogP contribution in [-0.4, -0.2) is 24.3 Å². The van der Waals surface area contributed by atoms with E-state index < -0.39 is 0 Å². The number of benzene rings is 3. The molecule has 0 amide bonds. The van der Waals surface area contributed by atoms with E-state index in [1.54, 1.807) is 18.2 Å². The van der Waals surface area contributed by atoms with Crippen LogP contribution in [0.2, 0.25) is 0 Å². The van der Waals surface area contributed by atoms with Crippen molar-refractivity contribution in [2.75, 3.05) is 0 Å². The predicted octanol–water partition coefficient (Wildman–Crippen LogP) is 4.46. The van der Waals surface area contributed by atoms with Gasteiger partial charge < -0.3 is 0 Å². The van der Waals surface area contributed by atoms with Crippen LogP contribution in [0.1, 0.15) is 11.4 Å². The summed E-state index contributed by atoms with van der Waals surface area (Å²) in [6, 6.07) is 23.6. The van der Waals surface area contributed by atoms with E-state index in [4.69, 9.17) is 0 Å². The summed E-state index contributed by atoms with van der Waals surface area (Å²) in [4.78, 5) is 17.3. The molecule has 2 heterocycles. The average Bonchev–Trinajstić information content (AvgIpc) is 3.23. The molecule has 0 saturated heterocycles. The van der Waals surface area contributed by atoms with Gasteiger partial charge in [0, 0.05) is 11.4 Å². The number of hydrogen-bond acceptors (Lipinski definition) is 5. The highest BCUT2D eigenvalue weighted by atomic mass is 32.2. The quantitative estimate of drug-likeness (QED) is 0.363. The van der Waals surface area contributed by atoms with E-state index >= 15 is 0 Å². The first-order valence-electron chi connectivity index (χ1n) is 10.0. The van der Waals surface area contributed by atoms with E-state index in [1.165, 1.54) is 28.7 Å². The largest absolute Gasteiger partial charge is 0.291 e. The van der Waals surface area contributed by atoms with Crippen molar-refractivity contribution in [1.82, 2.24) is 24.3 Å². The topological polar surface area (TPSA) is 65.6 Å². The van der Waals surface area contributed by atoms with E-state index in [-0.39, 0.29) is 17.9 Å². The first-order chi connectivity index (χ1) is 15.7. The fraction of sp³-hybridized carbons (Fsp3) is 0.0833. The minimum Gasteiger partial charge on any atom is -0.291 e. The first kappa shape index (κ1) is 20.1. The molecule has 32 heavy (non-hydrogen) atoms. The normalized spacial score (nSPS) is 11.2. The van der Waals surface area contributed by atoms with Crippen molar-refractivity contribution < 1.29 is 4.39 Å². The summed E-state index contributed by atoms with van der Waals surface area (Å²) in [5.41, 5.74) is 1.97. The molecule has 5 aromatic rings. The summed E-state index contributed by atoms with van der Waals surface area (Å²) in [5.74, 6) is 0.751. The number of nitrogens with zero attached hydrogens (tertiary/aromatic N) is 5. The van der Waals surface area contributed by atoms with Crippen LogP contribution in [0.3, 0.4) is 0 Å². The molecule has 0 aliphatic rings. The minimum atomic E-state index is -0.250. The molecule has 0 saturated carbocycles. The lowest BCUT2D eigenvalue weighted by Gasteiger charge is -2.11. The molecule has 0 atom stereocenters. The zero-order valence-electron chi connectivity index (χ0n) is 16.9. The number of halogens is 1. The third-order valence-electron chi connectivity index (χ3n) is 5.07. The van der Waals surface area contributed by atoms with E-state index in [0.29, 0.717) is 33.2 Å². The summed E-state index contributed by atoms with van der Waals surface area (Å²) in [6.07, 6.45) is 1.53. The zero-order chi connectivity index (χ0) is 21.9. The SMILES string of the molecule is O=c1c2ccccc2ncn1Cc1nnc(SCc2ccccc2F)n1-c1ccccc1. The van der Waals surface area contributed by atoms with Crippen LogP contribution in [-0.2, 0) is 12.3 Å². The predicted molar refractivity (Wildman–Crippen MR) is 122 cm³/mol. The van der Waals surface area contributed by atoms with Crippen molar-refractivity contribution in [3.8, 4) is 5.69 Å². The van der Waals surface area contributed by atoms with Gasteiger partial charge in [0.05, 0.1) is 23.8 Å². The van der Waals surface area contributed by atoms with Crippen LogP contribution in [0, 0.1) is 5.82 Å². The van der Waals surface area contributed by atoms with Crippen LogP contribution < -0.4 is 5.56 Å². The van der Waals surface area contributed by atoms with Crippen molar-refractivity contribution in [3.05, 3.63) is 113 Å². The van der Waals surface area contributed by atoms with Gasteiger partial charge in [0.15, 0.2) is 11.0 Å². The number of rotatable bonds is 6. The monoisotopic (exact) mass is 443 g/mol. The van der Waals surface area contributed by atoms with E-state index in [0.717, 1.165) is 5.69 Å². The van der Waals surface area contributed by atoms with Crippen LogP contribution in [0.5, 0.6) is 0 Å². The maximum Gasteiger partial charge on any atom is 0.261 e. The maximum absolute atomic E-state index is 14.1. The molecule has 0 aliphatic carbocycles. The van der Waals surface area contributed by atoms with Gasteiger partial charge in [0.1, 0.15) is 5.82 Å². The average molecular weight is 444 g/mol. The van der Waals surface area contributed by atoms with Gasteiger partial charge in [-0.25, -0.2) is 9.37 Å². The van der Waals surface area contributed by atoms with Gasteiger partial charge in [-0.2, -0.15) is 0 Å². The van der Waals surface area contributed by atoms with Crippen molar-refractivity contribution in [1.29, 1.82) is 0 Å². The molecule has 0 aliphatic heterocycles. The fourth-order valence-electron chi connectivity index (χ4n) is 3.46. The highest BCUT2D eigenvalue weighted by Crippen LogP contribution is 2.26. The molecule has 0 unspecified atom stereocenters.